The van der Waals surface area contributed by atoms with Crippen LogP contribution in [0.3, 0.4) is 0 Å². The van der Waals surface area contributed by atoms with Gasteiger partial charge < -0.3 is 10.6 Å². The fraction of sp³-hybridized carbons (Fsp3) is 0.917. The highest BCUT2D eigenvalue weighted by Gasteiger charge is 2.29. The van der Waals surface area contributed by atoms with Gasteiger partial charge in [0.1, 0.15) is 0 Å². The molecule has 3 heteroatoms. The van der Waals surface area contributed by atoms with E-state index >= 15 is 0 Å². The number of rotatable bonds is 2. The molecule has 0 bridgehead atoms. The molecule has 3 nitrogen and oxygen atoms in total. The second kappa shape index (κ2) is 4.86. The van der Waals surface area contributed by atoms with Gasteiger partial charge in [0.05, 0.1) is 0 Å². The number of aliphatic imine (C=N–C) groups is 1. The van der Waals surface area contributed by atoms with Crippen molar-refractivity contribution in [2.45, 2.75) is 52.5 Å². The predicted molar refractivity (Wildman–Crippen MR) is 66.0 cm³/mol. The molecule has 0 spiro atoms. The van der Waals surface area contributed by atoms with E-state index in [-0.39, 0.29) is 0 Å². The van der Waals surface area contributed by atoms with E-state index in [4.69, 9.17) is 5.73 Å². The molecule has 0 saturated heterocycles. The van der Waals surface area contributed by atoms with Gasteiger partial charge in [0.15, 0.2) is 5.96 Å². The second-order valence-corrected chi connectivity index (χ2v) is 5.34. The van der Waals surface area contributed by atoms with E-state index in [0.29, 0.717) is 17.4 Å². The van der Waals surface area contributed by atoms with E-state index < -0.39 is 0 Å². The first-order valence-electron chi connectivity index (χ1n) is 5.99. The standard InChI is InChI=1S/C12H25N3/c1-5-14-11(13)15(4)10-6-8-12(2,3)9-7-10/h10H,5-9H2,1-4H3,(H2,13,14). The molecule has 0 amide bonds. The number of nitrogens with zero attached hydrogens (tertiary/aromatic N) is 2. The molecule has 0 atom stereocenters. The average Bonchev–Trinajstić information content (AvgIpc) is 2.17. The minimum absolute atomic E-state index is 0.522. The molecule has 15 heavy (non-hydrogen) atoms. The molecule has 2 N–H and O–H groups in total. The monoisotopic (exact) mass is 211 g/mol. The molecule has 1 fully saturated rings. The van der Waals surface area contributed by atoms with Gasteiger partial charge >= 0.3 is 0 Å². The van der Waals surface area contributed by atoms with Crippen molar-refractivity contribution in [2.75, 3.05) is 13.6 Å². The molecular weight excluding hydrogens is 186 g/mol. The van der Waals surface area contributed by atoms with Crippen LogP contribution in [0.4, 0.5) is 0 Å². The molecule has 1 rings (SSSR count). The third kappa shape index (κ3) is 3.40. The Hall–Kier alpha value is -0.730. The third-order valence-electron chi connectivity index (χ3n) is 3.54. The Bertz CT molecular complexity index is 223. The van der Waals surface area contributed by atoms with E-state index in [2.05, 4.69) is 30.8 Å². The summed E-state index contributed by atoms with van der Waals surface area (Å²) >= 11 is 0. The van der Waals surface area contributed by atoms with E-state index in [0.717, 1.165) is 6.54 Å². The lowest BCUT2D eigenvalue weighted by molar-refractivity contribution is 0.168. The lowest BCUT2D eigenvalue weighted by atomic mass is 9.75. The fourth-order valence-corrected chi connectivity index (χ4v) is 2.23. The first-order chi connectivity index (χ1) is 6.96. The highest BCUT2D eigenvalue weighted by atomic mass is 15.3. The highest BCUT2D eigenvalue weighted by Crippen LogP contribution is 2.36. The SMILES string of the molecule is CCN=C(N)N(C)C1CCC(C)(C)CC1. The predicted octanol–water partition coefficient (Wildman–Crippen LogP) is 2.22. The molecule has 0 aromatic heterocycles. The molecule has 0 radical (unpaired) electrons. The number of hydrogen-bond acceptors (Lipinski definition) is 1. The van der Waals surface area contributed by atoms with Gasteiger partial charge in [-0.15, -0.1) is 0 Å². The minimum Gasteiger partial charge on any atom is -0.370 e. The summed E-state index contributed by atoms with van der Waals surface area (Å²) in [6.07, 6.45) is 5.07. The van der Waals surface area contributed by atoms with Crippen LogP contribution < -0.4 is 5.73 Å². The Balaban J connectivity index is 2.49. The van der Waals surface area contributed by atoms with Gasteiger partial charge in [0.2, 0.25) is 0 Å². The Morgan fingerprint density at radius 3 is 2.40 bits per heavy atom. The smallest absolute Gasteiger partial charge is 0.191 e. The molecule has 1 aliphatic rings. The number of hydrogen-bond donors (Lipinski definition) is 1. The van der Waals surface area contributed by atoms with Crippen LogP contribution in [-0.4, -0.2) is 30.5 Å². The first-order valence-corrected chi connectivity index (χ1v) is 5.99. The molecule has 88 valence electrons. The zero-order valence-corrected chi connectivity index (χ0v) is 10.6. The summed E-state index contributed by atoms with van der Waals surface area (Å²) in [5.41, 5.74) is 6.42. The van der Waals surface area contributed by atoms with Gasteiger partial charge in [-0.05, 0) is 38.0 Å². The van der Waals surface area contributed by atoms with Gasteiger partial charge in [0, 0.05) is 19.6 Å². The van der Waals surface area contributed by atoms with Crippen LogP contribution in [-0.2, 0) is 0 Å². The first kappa shape index (κ1) is 12.3. The maximum atomic E-state index is 5.90. The molecule has 0 aromatic rings. The lowest BCUT2D eigenvalue weighted by Gasteiger charge is -2.39. The summed E-state index contributed by atoms with van der Waals surface area (Å²) in [6, 6.07) is 0.591. The van der Waals surface area contributed by atoms with Crippen molar-refractivity contribution in [3.63, 3.8) is 0 Å². The van der Waals surface area contributed by atoms with Crippen LogP contribution in [0.2, 0.25) is 0 Å². The summed E-state index contributed by atoms with van der Waals surface area (Å²) < 4.78 is 0. The van der Waals surface area contributed by atoms with Crippen LogP contribution in [0, 0.1) is 5.41 Å². The second-order valence-electron chi connectivity index (χ2n) is 5.34. The molecule has 1 aliphatic carbocycles. The average molecular weight is 211 g/mol. The van der Waals surface area contributed by atoms with E-state index in [9.17, 15) is 0 Å². The zero-order chi connectivity index (χ0) is 11.5. The Morgan fingerprint density at radius 1 is 1.40 bits per heavy atom. The molecular formula is C12H25N3. The van der Waals surface area contributed by atoms with Gasteiger partial charge in [-0.1, -0.05) is 13.8 Å². The number of guanidine groups is 1. The largest absolute Gasteiger partial charge is 0.370 e. The van der Waals surface area contributed by atoms with E-state index in [1.54, 1.807) is 0 Å². The van der Waals surface area contributed by atoms with Crippen molar-refractivity contribution in [3.05, 3.63) is 0 Å². The van der Waals surface area contributed by atoms with Crippen molar-refractivity contribution >= 4 is 5.96 Å². The van der Waals surface area contributed by atoms with Crippen LogP contribution in [0.15, 0.2) is 4.99 Å². The van der Waals surface area contributed by atoms with Gasteiger partial charge in [-0.2, -0.15) is 0 Å². The van der Waals surface area contributed by atoms with Crippen LogP contribution >= 0.6 is 0 Å². The highest BCUT2D eigenvalue weighted by molar-refractivity contribution is 5.78. The topological polar surface area (TPSA) is 41.6 Å². The van der Waals surface area contributed by atoms with Gasteiger partial charge in [0.25, 0.3) is 0 Å². The Kier molecular flexibility index (Phi) is 4.00. The quantitative estimate of drug-likeness (QED) is 0.562. The molecule has 1 saturated carbocycles. The zero-order valence-electron chi connectivity index (χ0n) is 10.6. The fourth-order valence-electron chi connectivity index (χ4n) is 2.23. The van der Waals surface area contributed by atoms with Crippen molar-refractivity contribution in [2.24, 2.45) is 16.1 Å². The van der Waals surface area contributed by atoms with Crippen LogP contribution in [0.25, 0.3) is 0 Å². The summed E-state index contributed by atoms with van der Waals surface area (Å²) in [5.74, 6) is 0.696. The van der Waals surface area contributed by atoms with Crippen molar-refractivity contribution in [1.82, 2.24) is 4.90 Å². The normalized spacial score (nSPS) is 22.8. The Labute approximate surface area is 93.7 Å². The van der Waals surface area contributed by atoms with Crippen LogP contribution in [0.1, 0.15) is 46.5 Å². The van der Waals surface area contributed by atoms with Gasteiger partial charge in [-0.25, -0.2) is 0 Å². The summed E-state index contributed by atoms with van der Waals surface area (Å²) in [4.78, 5) is 6.41. The van der Waals surface area contributed by atoms with Crippen molar-refractivity contribution in [3.8, 4) is 0 Å². The summed E-state index contributed by atoms with van der Waals surface area (Å²) in [5, 5.41) is 0. The Morgan fingerprint density at radius 2 is 1.93 bits per heavy atom. The minimum atomic E-state index is 0.522. The number of nitrogens with two attached hydrogens (primary N) is 1. The molecule has 0 heterocycles. The maximum Gasteiger partial charge on any atom is 0.191 e. The van der Waals surface area contributed by atoms with E-state index in [1.807, 2.05) is 6.92 Å². The summed E-state index contributed by atoms with van der Waals surface area (Å²) in [7, 11) is 2.07. The van der Waals surface area contributed by atoms with Gasteiger partial charge in [-0.3, -0.25) is 4.99 Å². The third-order valence-corrected chi connectivity index (χ3v) is 3.54. The lowest BCUT2D eigenvalue weighted by Crippen LogP contribution is -2.44. The molecule has 0 aromatic carbocycles. The summed E-state index contributed by atoms with van der Waals surface area (Å²) in [6.45, 7) is 7.50. The van der Waals surface area contributed by atoms with Crippen molar-refractivity contribution < 1.29 is 0 Å². The molecule has 0 unspecified atom stereocenters. The molecule has 0 aliphatic heterocycles. The van der Waals surface area contributed by atoms with E-state index in [1.165, 1.54) is 25.7 Å². The van der Waals surface area contributed by atoms with Crippen LogP contribution in [0.5, 0.6) is 0 Å². The van der Waals surface area contributed by atoms with Crippen molar-refractivity contribution in [1.29, 1.82) is 0 Å². The maximum absolute atomic E-state index is 5.90.